The molecule has 0 aromatic rings. The predicted octanol–water partition coefficient (Wildman–Crippen LogP) is 7.94. The van der Waals surface area contributed by atoms with Gasteiger partial charge in [0.1, 0.15) is 0 Å². The largest absolute Gasteiger partial charge is 0.119 e. The van der Waals surface area contributed by atoms with Gasteiger partial charge < -0.3 is 0 Å². The highest BCUT2D eigenvalue weighted by molar-refractivity contribution is 7.38. The van der Waals surface area contributed by atoms with E-state index in [1.54, 1.807) is 25.4 Å². The van der Waals surface area contributed by atoms with Gasteiger partial charge in [-0.25, -0.2) is 0 Å². The van der Waals surface area contributed by atoms with Crippen LogP contribution >= 0.6 is 8.58 Å². The number of rotatable bonds is 2. The van der Waals surface area contributed by atoms with Crippen molar-refractivity contribution >= 4 is 8.58 Å². The van der Waals surface area contributed by atoms with Gasteiger partial charge in [-0.1, -0.05) is 90.9 Å². The van der Waals surface area contributed by atoms with Crippen LogP contribution in [0.2, 0.25) is 0 Å². The summed E-state index contributed by atoms with van der Waals surface area (Å²) >= 11 is 0. The van der Waals surface area contributed by atoms with Gasteiger partial charge in [-0.3, -0.25) is 0 Å². The molecule has 0 N–H and O–H groups in total. The summed E-state index contributed by atoms with van der Waals surface area (Å²) in [6, 6.07) is 0. The first-order chi connectivity index (χ1) is 10.9. The average Bonchev–Trinajstić information content (AvgIpc) is 2.77. The lowest BCUT2D eigenvalue weighted by atomic mass is 9.90. The molecule has 0 spiro atoms. The summed E-state index contributed by atoms with van der Waals surface area (Å²) in [6.07, 6.45) is 25.7. The molecule has 1 saturated heterocycles. The maximum atomic E-state index is 2.18. The summed E-state index contributed by atoms with van der Waals surface area (Å²) in [5, 5.41) is 0. The molecular weight excluding hydrogens is 283 g/mol. The maximum absolute atomic E-state index is 2.18. The molecule has 0 amide bonds. The fourth-order valence-corrected chi connectivity index (χ4v) is 5.78. The molecule has 1 saturated carbocycles. The van der Waals surface area contributed by atoms with E-state index >= 15 is 0 Å². The Labute approximate surface area is 143 Å². The van der Waals surface area contributed by atoms with E-state index in [9.17, 15) is 0 Å². The summed E-state index contributed by atoms with van der Waals surface area (Å²) in [6.45, 7) is 4.36. The van der Waals surface area contributed by atoms with E-state index < -0.39 is 0 Å². The Morgan fingerprint density at radius 1 is 0.591 bits per heavy atom. The molecule has 0 bridgehead atoms. The molecular formula is C21H43P. The first-order valence-electron chi connectivity index (χ1n) is 10.6. The standard InChI is InChI=1S/C17H33P.C4H10/c1-2-5-9-13-16(12-8-4-1)17-14-10-6-3-7-11-15-18-17;1-3-4-2/h16-18H,1-15H2;3-4H2,1-2H3. The highest BCUT2D eigenvalue weighted by atomic mass is 31.1. The van der Waals surface area contributed by atoms with Crippen molar-refractivity contribution in [2.45, 2.75) is 122 Å². The fourth-order valence-electron chi connectivity index (χ4n) is 3.88. The van der Waals surface area contributed by atoms with Gasteiger partial charge in [0.2, 0.25) is 0 Å². The molecule has 1 aliphatic heterocycles. The lowest BCUT2D eigenvalue weighted by Crippen LogP contribution is -2.17. The van der Waals surface area contributed by atoms with Gasteiger partial charge in [-0.05, 0) is 43.4 Å². The summed E-state index contributed by atoms with van der Waals surface area (Å²) < 4.78 is 0. The van der Waals surface area contributed by atoms with Gasteiger partial charge in [0.25, 0.3) is 0 Å². The summed E-state index contributed by atoms with van der Waals surface area (Å²) in [7, 11) is 1.30. The summed E-state index contributed by atoms with van der Waals surface area (Å²) in [4.78, 5) is 0. The van der Waals surface area contributed by atoms with Crippen molar-refractivity contribution in [3.05, 3.63) is 0 Å². The Morgan fingerprint density at radius 3 is 1.59 bits per heavy atom. The van der Waals surface area contributed by atoms with Crippen LogP contribution in [0.15, 0.2) is 0 Å². The lowest BCUT2D eigenvalue weighted by molar-refractivity contribution is 0.392. The van der Waals surface area contributed by atoms with E-state index in [4.69, 9.17) is 0 Å². The highest BCUT2D eigenvalue weighted by Crippen LogP contribution is 2.38. The maximum Gasteiger partial charge on any atom is -0.0208 e. The molecule has 1 heterocycles. The van der Waals surface area contributed by atoms with Crippen molar-refractivity contribution in [1.29, 1.82) is 0 Å². The van der Waals surface area contributed by atoms with Crippen molar-refractivity contribution in [2.75, 3.05) is 6.16 Å². The molecule has 0 radical (unpaired) electrons. The molecule has 22 heavy (non-hydrogen) atoms. The normalized spacial score (nSPS) is 27.3. The third-order valence-electron chi connectivity index (χ3n) is 5.57. The molecule has 2 rings (SSSR count). The molecule has 2 aliphatic rings. The second kappa shape index (κ2) is 15.0. The number of unbranched alkanes of at least 4 members (excludes halogenated alkanes) is 1. The summed E-state index contributed by atoms with van der Waals surface area (Å²) in [5.41, 5.74) is 1.13. The lowest BCUT2D eigenvalue weighted by Gasteiger charge is -2.27. The van der Waals surface area contributed by atoms with E-state index in [2.05, 4.69) is 13.8 Å². The van der Waals surface area contributed by atoms with Crippen LogP contribution in [0.5, 0.6) is 0 Å². The molecule has 2 unspecified atom stereocenters. The molecule has 1 heteroatoms. The minimum absolute atomic E-state index is 1.11. The van der Waals surface area contributed by atoms with Crippen molar-refractivity contribution in [2.24, 2.45) is 5.92 Å². The third-order valence-corrected chi connectivity index (χ3v) is 7.49. The van der Waals surface area contributed by atoms with Crippen LogP contribution in [-0.4, -0.2) is 11.8 Å². The Kier molecular flexibility index (Phi) is 13.9. The topological polar surface area (TPSA) is 0 Å². The van der Waals surface area contributed by atoms with Crippen LogP contribution in [0.1, 0.15) is 117 Å². The van der Waals surface area contributed by atoms with E-state index in [1.165, 1.54) is 92.1 Å². The Hall–Kier alpha value is 0.430. The first kappa shape index (κ1) is 20.5. The van der Waals surface area contributed by atoms with E-state index in [0.717, 1.165) is 11.6 Å². The third kappa shape index (κ3) is 10.3. The van der Waals surface area contributed by atoms with Gasteiger partial charge in [0.15, 0.2) is 0 Å². The van der Waals surface area contributed by atoms with Crippen molar-refractivity contribution in [1.82, 2.24) is 0 Å². The molecule has 2 fully saturated rings. The minimum atomic E-state index is 1.11. The SMILES string of the molecule is C1CCCCC(C2CCCCCCCP2)CCC1.CCCC. The monoisotopic (exact) mass is 326 g/mol. The van der Waals surface area contributed by atoms with Crippen LogP contribution in [0.4, 0.5) is 0 Å². The zero-order chi connectivity index (χ0) is 15.9. The Balaban J connectivity index is 0.000000541. The molecule has 0 aromatic carbocycles. The molecule has 2 atom stereocenters. The second-order valence-corrected chi connectivity index (χ2v) is 9.23. The Morgan fingerprint density at radius 2 is 1.05 bits per heavy atom. The van der Waals surface area contributed by atoms with Crippen LogP contribution in [0, 0.1) is 5.92 Å². The summed E-state index contributed by atoms with van der Waals surface area (Å²) in [5.74, 6) is 1.11. The smallest absolute Gasteiger partial charge is 0.0208 e. The zero-order valence-electron chi connectivity index (χ0n) is 15.7. The molecule has 0 nitrogen and oxygen atoms in total. The van der Waals surface area contributed by atoms with Gasteiger partial charge in [-0.2, -0.15) is 0 Å². The van der Waals surface area contributed by atoms with Gasteiger partial charge in [0, 0.05) is 0 Å². The van der Waals surface area contributed by atoms with Gasteiger partial charge >= 0.3 is 0 Å². The minimum Gasteiger partial charge on any atom is -0.119 e. The first-order valence-corrected chi connectivity index (χ1v) is 11.9. The van der Waals surface area contributed by atoms with Crippen LogP contribution in [0.25, 0.3) is 0 Å². The van der Waals surface area contributed by atoms with E-state index in [0.29, 0.717) is 0 Å². The van der Waals surface area contributed by atoms with E-state index in [1.807, 2.05) is 0 Å². The van der Waals surface area contributed by atoms with Gasteiger partial charge in [-0.15, -0.1) is 8.58 Å². The highest BCUT2D eigenvalue weighted by Gasteiger charge is 2.21. The predicted molar refractivity (Wildman–Crippen MR) is 106 cm³/mol. The number of hydrogen-bond acceptors (Lipinski definition) is 0. The van der Waals surface area contributed by atoms with Crippen molar-refractivity contribution in [3.63, 3.8) is 0 Å². The second-order valence-electron chi connectivity index (χ2n) is 7.58. The quantitative estimate of drug-likeness (QED) is 0.452. The molecule has 0 aromatic heterocycles. The van der Waals surface area contributed by atoms with Gasteiger partial charge in [0.05, 0.1) is 0 Å². The van der Waals surface area contributed by atoms with Crippen LogP contribution in [-0.2, 0) is 0 Å². The van der Waals surface area contributed by atoms with Crippen LogP contribution in [0.3, 0.4) is 0 Å². The number of hydrogen-bond donors (Lipinski definition) is 0. The zero-order valence-corrected chi connectivity index (χ0v) is 16.7. The average molecular weight is 327 g/mol. The van der Waals surface area contributed by atoms with Crippen LogP contribution < -0.4 is 0 Å². The Bertz CT molecular complexity index is 182. The fraction of sp³-hybridized carbons (Fsp3) is 1.00. The van der Waals surface area contributed by atoms with E-state index in [-0.39, 0.29) is 0 Å². The van der Waals surface area contributed by atoms with Crippen molar-refractivity contribution in [3.8, 4) is 0 Å². The van der Waals surface area contributed by atoms with Crippen molar-refractivity contribution < 1.29 is 0 Å². The molecule has 132 valence electrons. The molecule has 1 aliphatic carbocycles.